The second kappa shape index (κ2) is 9.42. The van der Waals surface area contributed by atoms with Gasteiger partial charge in [-0.05, 0) is 47.9 Å². The molecule has 3 aromatic carbocycles. The number of para-hydroxylation sites is 1. The first-order valence-corrected chi connectivity index (χ1v) is 11.1. The monoisotopic (exact) mass is 443 g/mol. The van der Waals surface area contributed by atoms with E-state index in [0.29, 0.717) is 35.6 Å². The van der Waals surface area contributed by atoms with Crippen LogP contribution in [0.1, 0.15) is 18.7 Å². The molecule has 1 amide bonds. The third-order valence-corrected chi connectivity index (χ3v) is 5.89. The molecule has 168 valence electrons. The van der Waals surface area contributed by atoms with Crippen LogP contribution >= 0.6 is 0 Å². The molecule has 7 heteroatoms. The summed E-state index contributed by atoms with van der Waals surface area (Å²) in [5.41, 5.74) is 0.390. The van der Waals surface area contributed by atoms with Crippen molar-refractivity contribution in [1.29, 1.82) is 0 Å². The SMILES string of the molecule is O=C(COc1ccc2ccccc2c1)N(Cc1nc2ccccc2c(=O)[nH]1)C[C@@H]1CCCO1. The standard InChI is InChI=1S/C26H25N3O4/c30-25(17-33-20-12-11-18-6-1-2-7-19(18)14-20)29(15-21-8-5-13-32-21)16-24-27-23-10-4-3-9-22(23)26(31)28-24/h1-4,6-7,9-12,14,21H,5,8,13,15-17H2,(H,27,28,31)/t21-/m0/s1. The Hall–Kier alpha value is -3.71. The lowest BCUT2D eigenvalue weighted by molar-refractivity contribution is -0.135. The molecule has 1 fully saturated rings. The van der Waals surface area contributed by atoms with Crippen molar-refractivity contribution in [2.24, 2.45) is 0 Å². The number of aromatic nitrogens is 2. The number of H-pyrrole nitrogens is 1. The summed E-state index contributed by atoms with van der Waals surface area (Å²) >= 11 is 0. The Labute approximate surface area is 191 Å². The van der Waals surface area contributed by atoms with E-state index in [0.717, 1.165) is 23.6 Å². The zero-order valence-electron chi connectivity index (χ0n) is 18.2. The Bertz CT molecular complexity index is 1340. The fourth-order valence-electron chi connectivity index (χ4n) is 4.17. The predicted octanol–water partition coefficient (Wildman–Crippen LogP) is 3.66. The molecule has 1 aliphatic rings. The first-order chi connectivity index (χ1) is 16.2. The van der Waals surface area contributed by atoms with Gasteiger partial charge in [0.05, 0.1) is 23.6 Å². The number of fused-ring (bicyclic) bond motifs is 2. The van der Waals surface area contributed by atoms with Crippen molar-refractivity contribution in [3.05, 3.63) is 82.9 Å². The maximum absolute atomic E-state index is 13.1. The van der Waals surface area contributed by atoms with Crippen LogP contribution in [0.2, 0.25) is 0 Å². The average molecular weight is 444 g/mol. The first kappa shape index (κ1) is 21.2. The van der Waals surface area contributed by atoms with E-state index in [4.69, 9.17) is 9.47 Å². The van der Waals surface area contributed by atoms with Gasteiger partial charge in [-0.25, -0.2) is 4.98 Å². The molecule has 1 N–H and O–H groups in total. The molecule has 0 aliphatic carbocycles. The van der Waals surface area contributed by atoms with Crippen molar-refractivity contribution in [3.63, 3.8) is 0 Å². The van der Waals surface area contributed by atoms with Crippen LogP contribution in [0.3, 0.4) is 0 Å². The molecule has 7 nitrogen and oxygen atoms in total. The summed E-state index contributed by atoms with van der Waals surface area (Å²) in [6.07, 6.45) is 1.85. The molecular weight excluding hydrogens is 418 g/mol. The summed E-state index contributed by atoms with van der Waals surface area (Å²) in [7, 11) is 0. The second-order valence-corrected chi connectivity index (χ2v) is 8.24. The molecule has 1 saturated heterocycles. The Kier molecular flexibility index (Phi) is 6.04. The molecule has 2 heterocycles. The Morgan fingerprint density at radius 2 is 1.91 bits per heavy atom. The molecule has 4 aromatic rings. The minimum Gasteiger partial charge on any atom is -0.484 e. The van der Waals surface area contributed by atoms with Crippen LogP contribution < -0.4 is 10.3 Å². The molecular formula is C26H25N3O4. The predicted molar refractivity (Wildman–Crippen MR) is 126 cm³/mol. The van der Waals surface area contributed by atoms with Crippen LogP contribution in [0.25, 0.3) is 21.7 Å². The lowest BCUT2D eigenvalue weighted by atomic mass is 10.1. The van der Waals surface area contributed by atoms with E-state index in [-0.39, 0.29) is 30.7 Å². The fourth-order valence-corrected chi connectivity index (χ4v) is 4.17. The van der Waals surface area contributed by atoms with Gasteiger partial charge < -0.3 is 19.4 Å². The van der Waals surface area contributed by atoms with Gasteiger partial charge in [0.15, 0.2) is 6.61 Å². The number of aromatic amines is 1. The molecule has 0 saturated carbocycles. The molecule has 0 spiro atoms. The summed E-state index contributed by atoms with van der Waals surface area (Å²) in [6.45, 7) is 1.20. The van der Waals surface area contributed by atoms with E-state index >= 15 is 0 Å². The maximum atomic E-state index is 13.1. The highest BCUT2D eigenvalue weighted by Crippen LogP contribution is 2.21. The zero-order chi connectivity index (χ0) is 22.6. The van der Waals surface area contributed by atoms with Crippen molar-refractivity contribution in [2.45, 2.75) is 25.5 Å². The van der Waals surface area contributed by atoms with Crippen LogP contribution in [0, 0.1) is 0 Å². The Balaban J connectivity index is 1.33. The van der Waals surface area contributed by atoms with E-state index in [2.05, 4.69) is 9.97 Å². The minimum atomic E-state index is -0.215. The molecule has 0 unspecified atom stereocenters. The number of hydrogen-bond donors (Lipinski definition) is 1. The lowest BCUT2D eigenvalue weighted by Crippen LogP contribution is -2.40. The van der Waals surface area contributed by atoms with Crippen LogP contribution in [0.15, 0.2) is 71.5 Å². The summed E-state index contributed by atoms with van der Waals surface area (Å²) in [5.74, 6) is 0.890. The number of hydrogen-bond acceptors (Lipinski definition) is 5. The van der Waals surface area contributed by atoms with Crippen molar-refractivity contribution in [1.82, 2.24) is 14.9 Å². The van der Waals surface area contributed by atoms with E-state index in [1.54, 1.807) is 23.1 Å². The number of carbonyl (C=O) groups excluding carboxylic acids is 1. The largest absolute Gasteiger partial charge is 0.484 e. The van der Waals surface area contributed by atoms with Gasteiger partial charge in [0.25, 0.3) is 11.5 Å². The second-order valence-electron chi connectivity index (χ2n) is 8.24. The minimum absolute atomic E-state index is 0.0261. The van der Waals surface area contributed by atoms with Gasteiger partial charge in [-0.2, -0.15) is 0 Å². The van der Waals surface area contributed by atoms with Crippen molar-refractivity contribution in [2.75, 3.05) is 19.8 Å². The smallest absolute Gasteiger partial charge is 0.261 e. The Morgan fingerprint density at radius 3 is 2.76 bits per heavy atom. The molecule has 1 aliphatic heterocycles. The third kappa shape index (κ3) is 4.88. The van der Waals surface area contributed by atoms with Gasteiger partial charge in [0.1, 0.15) is 11.6 Å². The zero-order valence-corrected chi connectivity index (χ0v) is 18.2. The fraction of sp³-hybridized carbons (Fsp3) is 0.269. The van der Waals surface area contributed by atoms with E-state index in [1.165, 1.54) is 0 Å². The summed E-state index contributed by atoms with van der Waals surface area (Å²) in [5, 5.41) is 2.69. The number of amides is 1. The summed E-state index contributed by atoms with van der Waals surface area (Å²) in [6, 6.07) is 20.9. The lowest BCUT2D eigenvalue weighted by Gasteiger charge is -2.25. The Morgan fingerprint density at radius 1 is 1.09 bits per heavy atom. The van der Waals surface area contributed by atoms with Gasteiger partial charge in [-0.1, -0.05) is 42.5 Å². The number of rotatable bonds is 7. The number of benzene rings is 3. The van der Waals surface area contributed by atoms with Crippen molar-refractivity contribution < 1.29 is 14.3 Å². The number of nitrogens with one attached hydrogen (secondary N) is 1. The summed E-state index contributed by atoms with van der Waals surface area (Å²) < 4.78 is 11.6. The maximum Gasteiger partial charge on any atom is 0.261 e. The van der Waals surface area contributed by atoms with Crippen LogP contribution in [0.4, 0.5) is 0 Å². The molecule has 0 radical (unpaired) electrons. The van der Waals surface area contributed by atoms with Crippen LogP contribution in [-0.2, 0) is 16.1 Å². The van der Waals surface area contributed by atoms with E-state index in [9.17, 15) is 9.59 Å². The quantitative estimate of drug-likeness (QED) is 0.471. The molecule has 1 atom stereocenters. The highest BCUT2D eigenvalue weighted by molar-refractivity contribution is 5.84. The number of carbonyl (C=O) groups is 1. The third-order valence-electron chi connectivity index (χ3n) is 5.89. The van der Waals surface area contributed by atoms with Gasteiger partial charge in [-0.3, -0.25) is 9.59 Å². The molecule has 5 rings (SSSR count). The van der Waals surface area contributed by atoms with Gasteiger partial charge in [0.2, 0.25) is 0 Å². The van der Waals surface area contributed by atoms with Gasteiger partial charge in [0, 0.05) is 13.2 Å². The highest BCUT2D eigenvalue weighted by atomic mass is 16.5. The average Bonchev–Trinajstić information content (AvgIpc) is 3.35. The van der Waals surface area contributed by atoms with Gasteiger partial charge >= 0.3 is 0 Å². The molecule has 33 heavy (non-hydrogen) atoms. The summed E-state index contributed by atoms with van der Waals surface area (Å²) in [4.78, 5) is 34.6. The normalized spacial score (nSPS) is 15.7. The van der Waals surface area contributed by atoms with Gasteiger partial charge in [-0.15, -0.1) is 0 Å². The topological polar surface area (TPSA) is 84.5 Å². The molecule has 1 aromatic heterocycles. The first-order valence-electron chi connectivity index (χ1n) is 11.1. The van der Waals surface area contributed by atoms with Crippen LogP contribution in [0.5, 0.6) is 5.75 Å². The number of ether oxygens (including phenoxy) is 2. The molecule has 0 bridgehead atoms. The highest BCUT2D eigenvalue weighted by Gasteiger charge is 2.24. The van der Waals surface area contributed by atoms with Crippen molar-refractivity contribution >= 4 is 27.6 Å². The van der Waals surface area contributed by atoms with Crippen molar-refractivity contribution in [3.8, 4) is 5.75 Å². The van der Waals surface area contributed by atoms with E-state index < -0.39 is 0 Å². The van der Waals surface area contributed by atoms with E-state index in [1.807, 2.05) is 48.5 Å². The van der Waals surface area contributed by atoms with Crippen LogP contribution in [-0.4, -0.2) is 46.6 Å². The number of nitrogens with zero attached hydrogens (tertiary/aromatic N) is 2.